The molecule has 2 aliphatic rings. The average molecular weight is 273 g/mol. The van der Waals surface area contributed by atoms with Crippen molar-refractivity contribution in [1.29, 1.82) is 0 Å². The van der Waals surface area contributed by atoms with Crippen LogP contribution in [0.15, 0.2) is 30.3 Å². The number of carbonyl (C=O) groups excluding carboxylic acids is 1. The second-order valence-electron chi connectivity index (χ2n) is 6.22. The van der Waals surface area contributed by atoms with E-state index >= 15 is 0 Å². The van der Waals surface area contributed by atoms with Crippen molar-refractivity contribution in [3.63, 3.8) is 0 Å². The molecule has 1 unspecified atom stereocenters. The largest absolute Gasteiger partial charge is 0.445 e. The van der Waals surface area contributed by atoms with Crippen LogP contribution in [-0.4, -0.2) is 12.1 Å². The summed E-state index contributed by atoms with van der Waals surface area (Å²) >= 11 is 0. The highest BCUT2D eigenvalue weighted by molar-refractivity contribution is 5.68. The van der Waals surface area contributed by atoms with Crippen molar-refractivity contribution in [3.05, 3.63) is 35.9 Å². The molecule has 0 heterocycles. The first-order valence-corrected chi connectivity index (χ1v) is 7.76. The molecule has 1 amide bonds. The Balaban J connectivity index is 1.47. The number of carbonyl (C=O) groups is 1. The van der Waals surface area contributed by atoms with Crippen LogP contribution in [0.1, 0.15) is 50.5 Å². The SMILES string of the molecule is O=C(NC1CCC12CCCCC2)OCc1ccccc1. The maximum absolute atomic E-state index is 11.9. The molecule has 20 heavy (non-hydrogen) atoms. The summed E-state index contributed by atoms with van der Waals surface area (Å²) in [4.78, 5) is 11.9. The van der Waals surface area contributed by atoms with Crippen LogP contribution in [0.3, 0.4) is 0 Å². The van der Waals surface area contributed by atoms with Crippen molar-refractivity contribution in [3.8, 4) is 0 Å². The zero-order valence-electron chi connectivity index (χ0n) is 11.9. The van der Waals surface area contributed by atoms with Crippen LogP contribution in [0.25, 0.3) is 0 Å². The number of benzene rings is 1. The third-order valence-electron chi connectivity index (χ3n) is 5.02. The maximum atomic E-state index is 11.9. The van der Waals surface area contributed by atoms with Gasteiger partial charge in [-0.3, -0.25) is 0 Å². The highest BCUT2D eigenvalue weighted by Crippen LogP contribution is 2.51. The number of amides is 1. The van der Waals surface area contributed by atoms with Gasteiger partial charge in [0.2, 0.25) is 0 Å². The van der Waals surface area contributed by atoms with E-state index in [4.69, 9.17) is 4.74 Å². The average Bonchev–Trinajstić information content (AvgIpc) is 2.51. The first-order valence-electron chi connectivity index (χ1n) is 7.76. The molecule has 1 spiro atoms. The lowest BCUT2D eigenvalue weighted by atomic mass is 9.57. The summed E-state index contributed by atoms with van der Waals surface area (Å²) in [6.07, 6.45) is 8.66. The van der Waals surface area contributed by atoms with Crippen molar-refractivity contribution in [2.75, 3.05) is 0 Å². The van der Waals surface area contributed by atoms with E-state index in [1.54, 1.807) is 0 Å². The van der Waals surface area contributed by atoms with Crippen LogP contribution in [-0.2, 0) is 11.3 Å². The number of hydrogen-bond donors (Lipinski definition) is 1. The Morgan fingerprint density at radius 3 is 2.55 bits per heavy atom. The van der Waals surface area contributed by atoms with E-state index in [-0.39, 0.29) is 6.09 Å². The minimum atomic E-state index is -0.261. The number of rotatable bonds is 3. The van der Waals surface area contributed by atoms with Gasteiger partial charge < -0.3 is 10.1 Å². The number of nitrogens with one attached hydrogen (secondary N) is 1. The monoisotopic (exact) mass is 273 g/mol. The molecule has 0 aromatic heterocycles. The van der Waals surface area contributed by atoms with Crippen LogP contribution in [0.5, 0.6) is 0 Å². The van der Waals surface area contributed by atoms with Crippen molar-refractivity contribution in [2.24, 2.45) is 5.41 Å². The zero-order chi connectivity index (χ0) is 13.8. The summed E-state index contributed by atoms with van der Waals surface area (Å²) in [5.74, 6) is 0. The van der Waals surface area contributed by atoms with Gasteiger partial charge in [-0.15, -0.1) is 0 Å². The first kappa shape index (κ1) is 13.5. The zero-order valence-corrected chi connectivity index (χ0v) is 11.9. The molecule has 1 aromatic rings. The van der Waals surface area contributed by atoms with Crippen LogP contribution in [0.4, 0.5) is 4.79 Å². The van der Waals surface area contributed by atoms with Crippen molar-refractivity contribution < 1.29 is 9.53 Å². The normalized spacial score (nSPS) is 23.9. The summed E-state index contributed by atoms with van der Waals surface area (Å²) < 4.78 is 5.32. The molecule has 3 heteroatoms. The lowest BCUT2D eigenvalue weighted by molar-refractivity contribution is 0.0197. The van der Waals surface area contributed by atoms with Crippen molar-refractivity contribution in [1.82, 2.24) is 5.32 Å². The standard InChI is InChI=1S/C17H23NO2/c19-16(20-13-14-7-3-1-4-8-14)18-15-9-12-17(15)10-5-2-6-11-17/h1,3-4,7-8,15H,2,5-6,9-13H2,(H,18,19). The van der Waals surface area contributed by atoms with Gasteiger partial charge >= 0.3 is 6.09 Å². The Hall–Kier alpha value is -1.51. The quantitative estimate of drug-likeness (QED) is 0.903. The minimum Gasteiger partial charge on any atom is -0.445 e. The molecule has 108 valence electrons. The molecule has 3 nitrogen and oxygen atoms in total. The van der Waals surface area contributed by atoms with E-state index in [0.717, 1.165) is 12.0 Å². The Morgan fingerprint density at radius 2 is 1.90 bits per heavy atom. The Morgan fingerprint density at radius 1 is 1.15 bits per heavy atom. The number of hydrogen-bond acceptors (Lipinski definition) is 2. The predicted molar refractivity (Wildman–Crippen MR) is 78.3 cm³/mol. The molecular weight excluding hydrogens is 250 g/mol. The molecule has 1 N–H and O–H groups in total. The maximum Gasteiger partial charge on any atom is 0.407 e. The molecule has 1 atom stereocenters. The Kier molecular flexibility index (Phi) is 3.95. The molecule has 2 saturated carbocycles. The number of ether oxygens (including phenoxy) is 1. The smallest absolute Gasteiger partial charge is 0.407 e. The summed E-state index contributed by atoms with van der Waals surface area (Å²) in [7, 11) is 0. The van der Waals surface area contributed by atoms with Crippen LogP contribution >= 0.6 is 0 Å². The van der Waals surface area contributed by atoms with E-state index in [2.05, 4.69) is 5.32 Å². The highest BCUT2D eigenvalue weighted by Gasteiger charge is 2.47. The van der Waals surface area contributed by atoms with E-state index in [0.29, 0.717) is 18.1 Å². The van der Waals surface area contributed by atoms with Crippen LogP contribution in [0.2, 0.25) is 0 Å². The minimum absolute atomic E-state index is 0.261. The summed E-state index contributed by atoms with van der Waals surface area (Å²) in [5, 5.41) is 3.09. The van der Waals surface area contributed by atoms with E-state index in [1.165, 1.54) is 38.5 Å². The predicted octanol–water partition coefficient (Wildman–Crippen LogP) is 4.03. The lowest BCUT2D eigenvalue weighted by Crippen LogP contribution is -2.55. The van der Waals surface area contributed by atoms with Gasteiger partial charge in [0.05, 0.1) is 0 Å². The van der Waals surface area contributed by atoms with Gasteiger partial charge in [0, 0.05) is 6.04 Å². The fraction of sp³-hybridized carbons (Fsp3) is 0.588. The van der Waals surface area contributed by atoms with Gasteiger partial charge in [-0.05, 0) is 36.7 Å². The summed E-state index contributed by atoms with van der Waals surface area (Å²) in [5.41, 5.74) is 1.42. The van der Waals surface area contributed by atoms with E-state index in [9.17, 15) is 4.79 Å². The Bertz CT molecular complexity index is 451. The molecule has 3 rings (SSSR count). The van der Waals surface area contributed by atoms with Crippen molar-refractivity contribution >= 4 is 6.09 Å². The van der Waals surface area contributed by atoms with Crippen molar-refractivity contribution in [2.45, 2.75) is 57.6 Å². The fourth-order valence-electron chi connectivity index (χ4n) is 3.68. The highest BCUT2D eigenvalue weighted by atomic mass is 16.5. The molecule has 0 bridgehead atoms. The second kappa shape index (κ2) is 5.86. The van der Waals surface area contributed by atoms with Gasteiger partial charge in [0.15, 0.2) is 0 Å². The van der Waals surface area contributed by atoms with Crippen LogP contribution < -0.4 is 5.32 Å². The molecule has 0 aliphatic heterocycles. The van der Waals surface area contributed by atoms with Gasteiger partial charge in [-0.25, -0.2) is 4.79 Å². The fourth-order valence-corrected chi connectivity index (χ4v) is 3.68. The van der Waals surface area contributed by atoms with Gasteiger partial charge in [-0.2, -0.15) is 0 Å². The molecular formula is C17H23NO2. The van der Waals surface area contributed by atoms with Gasteiger partial charge in [-0.1, -0.05) is 49.6 Å². The Labute approximate surface area is 120 Å². The molecule has 1 aromatic carbocycles. The number of alkyl carbamates (subject to hydrolysis) is 1. The lowest BCUT2D eigenvalue weighted by Gasteiger charge is -2.52. The molecule has 2 fully saturated rings. The third kappa shape index (κ3) is 2.82. The van der Waals surface area contributed by atoms with E-state index < -0.39 is 0 Å². The topological polar surface area (TPSA) is 38.3 Å². The van der Waals surface area contributed by atoms with Crippen LogP contribution in [0, 0.1) is 5.41 Å². The van der Waals surface area contributed by atoms with Gasteiger partial charge in [0.25, 0.3) is 0 Å². The van der Waals surface area contributed by atoms with E-state index in [1.807, 2.05) is 30.3 Å². The first-order chi connectivity index (χ1) is 9.78. The molecule has 0 saturated heterocycles. The third-order valence-corrected chi connectivity index (χ3v) is 5.02. The molecule has 2 aliphatic carbocycles. The summed E-state index contributed by atoms with van der Waals surface area (Å²) in [6.45, 7) is 0.354. The van der Waals surface area contributed by atoms with Gasteiger partial charge in [0.1, 0.15) is 6.61 Å². The summed E-state index contributed by atoms with van der Waals surface area (Å²) in [6, 6.07) is 10.2. The molecule has 0 radical (unpaired) electrons. The second-order valence-corrected chi connectivity index (χ2v) is 6.22.